The predicted molar refractivity (Wildman–Crippen MR) is 65.0 cm³/mol. The van der Waals surface area contributed by atoms with Crippen molar-refractivity contribution in [2.75, 3.05) is 11.9 Å². The number of hydrogen-bond acceptors (Lipinski definition) is 3. The first-order chi connectivity index (χ1) is 7.25. The molecule has 0 spiro atoms. The topological polar surface area (TPSA) is 61.4 Å². The first-order valence-corrected chi connectivity index (χ1v) is 5.09. The fourth-order valence-corrected chi connectivity index (χ4v) is 1.68. The average Bonchev–Trinajstić information content (AvgIpc) is 2.74. The molecule has 0 aromatic heterocycles. The summed E-state index contributed by atoms with van der Waals surface area (Å²) >= 11 is 0. The number of phenols is 1. The molecule has 0 radical (unpaired) electrons. The zero-order chi connectivity index (χ0) is 10.7. The summed E-state index contributed by atoms with van der Waals surface area (Å²) in [6.45, 7) is 0.910. The van der Waals surface area contributed by atoms with Crippen molar-refractivity contribution in [3.05, 3.63) is 24.3 Å². The third-order valence-electron chi connectivity index (χ3n) is 2.51. The molecule has 1 aliphatic rings. The maximum Gasteiger partial charge on any atom is 0.241 e. The van der Waals surface area contributed by atoms with Gasteiger partial charge in [0.1, 0.15) is 5.75 Å². The van der Waals surface area contributed by atoms with E-state index in [4.69, 9.17) is 5.11 Å². The molecule has 0 saturated carbocycles. The van der Waals surface area contributed by atoms with Crippen LogP contribution in [-0.4, -0.2) is 23.6 Å². The minimum atomic E-state index is -0.0706. The minimum absolute atomic E-state index is 0. The maximum atomic E-state index is 11.7. The fourth-order valence-electron chi connectivity index (χ4n) is 1.68. The standard InChI is InChI=1S/C11H14N2O2.ClH/c14-9-5-3-8(4-6-9)13-11(15)10-2-1-7-12-10;/h3-6,10,12,14H,1-2,7H2,(H,13,15);1H. The van der Waals surface area contributed by atoms with Crippen LogP contribution in [0, 0.1) is 0 Å². The zero-order valence-electron chi connectivity index (χ0n) is 8.77. The van der Waals surface area contributed by atoms with Crippen LogP contribution in [0.5, 0.6) is 5.75 Å². The third kappa shape index (κ3) is 3.12. The summed E-state index contributed by atoms with van der Waals surface area (Å²) in [4.78, 5) is 11.7. The second-order valence-corrected chi connectivity index (χ2v) is 3.69. The van der Waals surface area contributed by atoms with Gasteiger partial charge in [0.25, 0.3) is 0 Å². The highest BCUT2D eigenvalue weighted by atomic mass is 35.5. The van der Waals surface area contributed by atoms with Gasteiger partial charge in [-0.3, -0.25) is 4.79 Å². The number of benzene rings is 1. The molecule has 1 unspecified atom stereocenters. The number of carbonyl (C=O) groups is 1. The Morgan fingerprint density at radius 3 is 2.62 bits per heavy atom. The van der Waals surface area contributed by atoms with Crippen LogP contribution in [-0.2, 0) is 4.79 Å². The summed E-state index contributed by atoms with van der Waals surface area (Å²) < 4.78 is 0. The molecule has 1 amide bonds. The van der Waals surface area contributed by atoms with Gasteiger partial charge in [-0.1, -0.05) is 0 Å². The van der Waals surface area contributed by atoms with Crippen molar-refractivity contribution >= 4 is 24.0 Å². The molecule has 0 aliphatic carbocycles. The number of anilines is 1. The van der Waals surface area contributed by atoms with E-state index in [0.717, 1.165) is 19.4 Å². The molecule has 3 N–H and O–H groups in total. The number of rotatable bonds is 2. The van der Waals surface area contributed by atoms with E-state index in [1.807, 2.05) is 0 Å². The van der Waals surface area contributed by atoms with E-state index < -0.39 is 0 Å². The van der Waals surface area contributed by atoms with E-state index in [1.54, 1.807) is 24.3 Å². The average molecular weight is 243 g/mol. The van der Waals surface area contributed by atoms with Crippen LogP contribution in [0.2, 0.25) is 0 Å². The number of aromatic hydroxyl groups is 1. The molecule has 1 atom stereocenters. The lowest BCUT2D eigenvalue weighted by Gasteiger charge is -2.10. The number of nitrogens with one attached hydrogen (secondary N) is 2. The monoisotopic (exact) mass is 242 g/mol. The number of amides is 1. The molecule has 88 valence electrons. The Morgan fingerprint density at radius 2 is 2.06 bits per heavy atom. The van der Waals surface area contributed by atoms with Crippen LogP contribution in [0.1, 0.15) is 12.8 Å². The van der Waals surface area contributed by atoms with E-state index in [1.165, 1.54) is 0 Å². The normalized spacial score (nSPS) is 18.9. The van der Waals surface area contributed by atoms with E-state index in [0.29, 0.717) is 5.69 Å². The van der Waals surface area contributed by atoms with Crippen molar-refractivity contribution in [3.8, 4) is 5.75 Å². The number of carbonyl (C=O) groups excluding carboxylic acids is 1. The summed E-state index contributed by atoms with van der Waals surface area (Å²) in [5, 5.41) is 15.0. The van der Waals surface area contributed by atoms with Crippen molar-refractivity contribution in [1.82, 2.24) is 5.32 Å². The van der Waals surface area contributed by atoms with Gasteiger partial charge in [0.15, 0.2) is 0 Å². The quantitative estimate of drug-likeness (QED) is 0.689. The van der Waals surface area contributed by atoms with Gasteiger partial charge in [-0.25, -0.2) is 0 Å². The van der Waals surface area contributed by atoms with Gasteiger partial charge in [0.05, 0.1) is 6.04 Å². The number of hydrogen-bond donors (Lipinski definition) is 3. The van der Waals surface area contributed by atoms with Crippen molar-refractivity contribution in [1.29, 1.82) is 0 Å². The summed E-state index contributed by atoms with van der Waals surface area (Å²) in [6.07, 6.45) is 1.94. The van der Waals surface area contributed by atoms with Crippen LogP contribution in [0.3, 0.4) is 0 Å². The highest BCUT2D eigenvalue weighted by Crippen LogP contribution is 2.15. The van der Waals surface area contributed by atoms with E-state index >= 15 is 0 Å². The largest absolute Gasteiger partial charge is 0.508 e. The van der Waals surface area contributed by atoms with Gasteiger partial charge < -0.3 is 15.7 Å². The van der Waals surface area contributed by atoms with Gasteiger partial charge in [0, 0.05) is 5.69 Å². The van der Waals surface area contributed by atoms with Crippen LogP contribution >= 0.6 is 12.4 Å². The van der Waals surface area contributed by atoms with Crippen molar-refractivity contribution in [2.24, 2.45) is 0 Å². The molecule has 5 heteroatoms. The molecular weight excluding hydrogens is 228 g/mol. The lowest BCUT2D eigenvalue weighted by Crippen LogP contribution is -2.35. The first kappa shape index (κ1) is 12.8. The molecule has 1 saturated heterocycles. The molecule has 1 aliphatic heterocycles. The zero-order valence-corrected chi connectivity index (χ0v) is 9.59. The summed E-state index contributed by atoms with van der Waals surface area (Å²) in [7, 11) is 0. The van der Waals surface area contributed by atoms with Gasteiger partial charge in [-0.2, -0.15) is 0 Å². The molecule has 16 heavy (non-hydrogen) atoms. The van der Waals surface area contributed by atoms with Crippen LogP contribution < -0.4 is 10.6 Å². The second kappa shape index (κ2) is 5.72. The molecule has 1 aromatic rings. The van der Waals surface area contributed by atoms with E-state index in [9.17, 15) is 4.79 Å². The number of phenolic OH excluding ortho intramolecular Hbond substituents is 1. The summed E-state index contributed by atoms with van der Waals surface area (Å²) in [6, 6.07) is 6.40. The molecule has 1 fully saturated rings. The van der Waals surface area contributed by atoms with Gasteiger partial charge in [0.2, 0.25) is 5.91 Å². The molecule has 4 nitrogen and oxygen atoms in total. The Morgan fingerprint density at radius 1 is 1.38 bits per heavy atom. The summed E-state index contributed by atoms with van der Waals surface area (Å²) in [5.41, 5.74) is 0.714. The Hall–Kier alpha value is -1.26. The Kier molecular flexibility index (Phi) is 4.58. The lowest BCUT2D eigenvalue weighted by atomic mass is 10.2. The molecular formula is C11H15ClN2O2. The predicted octanol–water partition coefficient (Wildman–Crippen LogP) is 1.50. The van der Waals surface area contributed by atoms with Gasteiger partial charge in [-0.15, -0.1) is 12.4 Å². The van der Waals surface area contributed by atoms with Crippen LogP contribution in [0.15, 0.2) is 24.3 Å². The first-order valence-electron chi connectivity index (χ1n) is 5.09. The maximum absolute atomic E-state index is 11.7. The fraction of sp³-hybridized carbons (Fsp3) is 0.364. The second-order valence-electron chi connectivity index (χ2n) is 3.69. The van der Waals surface area contributed by atoms with E-state index in [-0.39, 0.29) is 30.1 Å². The Balaban J connectivity index is 0.00000128. The third-order valence-corrected chi connectivity index (χ3v) is 2.51. The molecule has 2 rings (SSSR count). The van der Waals surface area contributed by atoms with E-state index in [2.05, 4.69) is 10.6 Å². The number of halogens is 1. The van der Waals surface area contributed by atoms with Crippen LogP contribution in [0.25, 0.3) is 0 Å². The smallest absolute Gasteiger partial charge is 0.241 e. The molecule has 1 aromatic carbocycles. The van der Waals surface area contributed by atoms with Crippen LogP contribution in [0.4, 0.5) is 5.69 Å². The van der Waals surface area contributed by atoms with Crippen molar-refractivity contribution < 1.29 is 9.90 Å². The SMILES string of the molecule is Cl.O=C(Nc1ccc(O)cc1)C1CCCN1. The lowest BCUT2D eigenvalue weighted by molar-refractivity contribution is -0.117. The van der Waals surface area contributed by atoms with Crippen molar-refractivity contribution in [2.45, 2.75) is 18.9 Å². The molecule has 0 bridgehead atoms. The highest BCUT2D eigenvalue weighted by Gasteiger charge is 2.21. The Bertz CT molecular complexity index is 348. The van der Waals surface area contributed by atoms with Gasteiger partial charge >= 0.3 is 0 Å². The molecule has 1 heterocycles. The van der Waals surface area contributed by atoms with Crippen molar-refractivity contribution in [3.63, 3.8) is 0 Å². The Labute approximate surface area is 100 Å². The highest BCUT2D eigenvalue weighted by molar-refractivity contribution is 5.95. The minimum Gasteiger partial charge on any atom is -0.508 e. The summed E-state index contributed by atoms with van der Waals surface area (Å²) in [5.74, 6) is 0.199. The van der Waals surface area contributed by atoms with Gasteiger partial charge in [-0.05, 0) is 43.7 Å².